The number of benzene rings is 1. The summed E-state index contributed by atoms with van der Waals surface area (Å²) in [6, 6.07) is 10.6. The van der Waals surface area contributed by atoms with Crippen LogP contribution in [0.15, 0.2) is 52.8 Å². The average molecular weight is 341 g/mol. The Kier molecular flexibility index (Phi) is 6.54. The van der Waals surface area contributed by atoms with E-state index in [1.807, 2.05) is 38.1 Å². The predicted molar refractivity (Wildman–Crippen MR) is 96.9 cm³/mol. The molecule has 0 spiro atoms. The molecule has 0 unspecified atom stereocenters. The van der Waals surface area contributed by atoms with Crippen LogP contribution in [0, 0.1) is 6.92 Å². The number of nitrogens with one attached hydrogen (secondary N) is 2. The molecule has 0 fully saturated rings. The van der Waals surface area contributed by atoms with E-state index in [2.05, 4.69) is 10.6 Å². The molecule has 0 aliphatic carbocycles. The van der Waals surface area contributed by atoms with Crippen LogP contribution in [-0.4, -0.2) is 43.9 Å². The third-order valence-corrected chi connectivity index (χ3v) is 3.48. The van der Waals surface area contributed by atoms with Gasteiger partial charge in [0.05, 0.1) is 6.26 Å². The summed E-state index contributed by atoms with van der Waals surface area (Å²) in [6.07, 6.45) is 3.02. The lowest BCUT2D eigenvalue weighted by atomic mass is 10.1. The maximum Gasteiger partial charge on any atom is 0.267 e. The summed E-state index contributed by atoms with van der Waals surface area (Å²) in [7, 11) is 3.84. The maximum atomic E-state index is 12.4. The first-order chi connectivity index (χ1) is 12.0. The topological polar surface area (TPSA) is 74.6 Å². The molecule has 0 saturated heterocycles. The first kappa shape index (κ1) is 18.5. The van der Waals surface area contributed by atoms with E-state index >= 15 is 0 Å². The van der Waals surface area contributed by atoms with E-state index in [0.29, 0.717) is 24.4 Å². The summed E-state index contributed by atoms with van der Waals surface area (Å²) in [6.45, 7) is 3.12. The van der Waals surface area contributed by atoms with Crippen LogP contribution in [0.5, 0.6) is 0 Å². The number of carbonyl (C=O) groups is 2. The van der Waals surface area contributed by atoms with Crippen LogP contribution in [0.4, 0.5) is 0 Å². The molecule has 0 radical (unpaired) electrons. The van der Waals surface area contributed by atoms with E-state index in [9.17, 15) is 9.59 Å². The van der Waals surface area contributed by atoms with Gasteiger partial charge in [-0.2, -0.15) is 0 Å². The van der Waals surface area contributed by atoms with E-state index in [1.165, 1.54) is 12.3 Å². The van der Waals surface area contributed by atoms with Gasteiger partial charge >= 0.3 is 0 Å². The van der Waals surface area contributed by atoms with E-state index in [4.69, 9.17) is 4.42 Å². The Morgan fingerprint density at radius 1 is 1.16 bits per heavy atom. The zero-order valence-corrected chi connectivity index (χ0v) is 14.7. The van der Waals surface area contributed by atoms with Gasteiger partial charge in [-0.05, 0) is 45.3 Å². The molecule has 0 atom stereocenters. The molecule has 6 heteroatoms. The Bertz CT molecular complexity index is 732. The van der Waals surface area contributed by atoms with Crippen molar-refractivity contribution in [3.8, 4) is 0 Å². The molecule has 6 nitrogen and oxygen atoms in total. The van der Waals surface area contributed by atoms with E-state index in [-0.39, 0.29) is 17.5 Å². The van der Waals surface area contributed by atoms with Crippen LogP contribution in [0.25, 0.3) is 6.08 Å². The third kappa shape index (κ3) is 5.93. The Balaban J connectivity index is 2.12. The predicted octanol–water partition coefficient (Wildman–Crippen LogP) is 2.04. The van der Waals surface area contributed by atoms with Crippen LogP contribution in [0.2, 0.25) is 0 Å². The molecule has 1 aromatic heterocycles. The smallest absolute Gasteiger partial charge is 0.267 e. The van der Waals surface area contributed by atoms with Crippen LogP contribution in [0.3, 0.4) is 0 Å². The molecule has 0 aliphatic heterocycles. The largest absolute Gasteiger partial charge is 0.465 e. The van der Waals surface area contributed by atoms with Crippen molar-refractivity contribution in [2.45, 2.75) is 6.92 Å². The number of hydrogen-bond donors (Lipinski definition) is 2. The first-order valence-corrected chi connectivity index (χ1v) is 8.02. The van der Waals surface area contributed by atoms with E-state index in [1.54, 1.807) is 24.3 Å². The second kappa shape index (κ2) is 8.84. The van der Waals surface area contributed by atoms with Crippen LogP contribution < -0.4 is 10.6 Å². The number of rotatable bonds is 7. The third-order valence-electron chi connectivity index (χ3n) is 3.48. The summed E-state index contributed by atoms with van der Waals surface area (Å²) < 4.78 is 5.24. The molecule has 0 bridgehead atoms. The minimum atomic E-state index is -0.362. The highest BCUT2D eigenvalue weighted by Crippen LogP contribution is 2.08. The van der Waals surface area contributed by atoms with Crippen molar-refractivity contribution in [3.05, 3.63) is 65.2 Å². The Labute approximate surface area is 147 Å². The second-order valence-corrected chi connectivity index (χ2v) is 5.95. The lowest BCUT2D eigenvalue weighted by molar-refractivity contribution is -0.117. The first-order valence-electron chi connectivity index (χ1n) is 8.02. The van der Waals surface area contributed by atoms with Crippen LogP contribution in [-0.2, 0) is 4.79 Å². The Morgan fingerprint density at radius 3 is 2.48 bits per heavy atom. The number of likely N-dealkylation sites (N-methyl/N-ethyl adjacent to an activating group) is 1. The zero-order chi connectivity index (χ0) is 18.2. The minimum Gasteiger partial charge on any atom is -0.465 e. The van der Waals surface area contributed by atoms with Gasteiger partial charge in [0.2, 0.25) is 0 Å². The standard InChI is InChI=1S/C19H23N3O3/c1-14-6-8-15(9-7-14)18(23)21-17(13-16-5-4-12-25-16)19(24)20-10-11-22(2)3/h4-9,12-13H,10-11H2,1-3H3,(H,20,24)(H,21,23)/b17-13-. The van der Waals surface area contributed by atoms with E-state index < -0.39 is 0 Å². The van der Waals surface area contributed by atoms with Gasteiger partial charge in [-0.1, -0.05) is 17.7 Å². The van der Waals surface area contributed by atoms with Gasteiger partial charge in [-0.15, -0.1) is 0 Å². The zero-order valence-electron chi connectivity index (χ0n) is 14.7. The number of furan rings is 1. The summed E-state index contributed by atoms with van der Waals surface area (Å²) in [4.78, 5) is 26.8. The van der Waals surface area contributed by atoms with Crippen molar-refractivity contribution in [2.24, 2.45) is 0 Å². The van der Waals surface area contributed by atoms with Crippen molar-refractivity contribution in [3.63, 3.8) is 0 Å². The van der Waals surface area contributed by atoms with Crippen LogP contribution >= 0.6 is 0 Å². The van der Waals surface area contributed by atoms with E-state index in [0.717, 1.165) is 5.56 Å². The lowest BCUT2D eigenvalue weighted by Gasteiger charge is -2.13. The number of aryl methyl sites for hydroxylation is 1. The fourth-order valence-corrected chi connectivity index (χ4v) is 2.06. The molecular weight excluding hydrogens is 318 g/mol. The molecule has 1 aromatic carbocycles. The highest BCUT2D eigenvalue weighted by atomic mass is 16.3. The van der Waals surface area contributed by atoms with Gasteiger partial charge in [0.25, 0.3) is 11.8 Å². The summed E-state index contributed by atoms with van der Waals surface area (Å²) >= 11 is 0. The van der Waals surface area contributed by atoms with Gasteiger partial charge in [0, 0.05) is 24.7 Å². The summed E-state index contributed by atoms with van der Waals surface area (Å²) in [5.41, 5.74) is 1.68. The van der Waals surface area contributed by atoms with Crippen molar-refractivity contribution >= 4 is 17.9 Å². The van der Waals surface area contributed by atoms with Gasteiger partial charge in [0.15, 0.2) is 0 Å². The molecule has 2 rings (SSSR count). The lowest BCUT2D eigenvalue weighted by Crippen LogP contribution is -2.37. The molecule has 2 N–H and O–H groups in total. The van der Waals surface area contributed by atoms with Crippen LogP contribution in [0.1, 0.15) is 21.7 Å². The maximum absolute atomic E-state index is 12.4. The van der Waals surface area contributed by atoms with Gasteiger partial charge in [-0.3, -0.25) is 9.59 Å². The van der Waals surface area contributed by atoms with Crippen molar-refractivity contribution in [1.82, 2.24) is 15.5 Å². The normalized spacial score (nSPS) is 11.4. The summed E-state index contributed by atoms with van der Waals surface area (Å²) in [5.74, 6) is -0.221. The number of amides is 2. The molecule has 0 aliphatic rings. The fraction of sp³-hybridized carbons (Fsp3) is 0.263. The molecular formula is C19H23N3O3. The Hall–Kier alpha value is -2.86. The molecule has 2 aromatic rings. The van der Waals surface area contributed by atoms with Gasteiger partial charge in [0.1, 0.15) is 11.5 Å². The fourth-order valence-electron chi connectivity index (χ4n) is 2.06. The average Bonchev–Trinajstić information content (AvgIpc) is 3.07. The Morgan fingerprint density at radius 2 is 1.88 bits per heavy atom. The highest BCUT2D eigenvalue weighted by molar-refractivity contribution is 6.05. The molecule has 25 heavy (non-hydrogen) atoms. The molecule has 1 heterocycles. The quantitative estimate of drug-likeness (QED) is 0.756. The number of hydrogen-bond acceptors (Lipinski definition) is 4. The minimum absolute atomic E-state index is 0.138. The van der Waals surface area contributed by atoms with Gasteiger partial charge < -0.3 is 20.0 Å². The number of nitrogens with zero attached hydrogens (tertiary/aromatic N) is 1. The van der Waals surface area contributed by atoms with Crippen molar-refractivity contribution < 1.29 is 14.0 Å². The highest BCUT2D eigenvalue weighted by Gasteiger charge is 2.15. The van der Waals surface area contributed by atoms with Crippen molar-refractivity contribution in [1.29, 1.82) is 0 Å². The molecule has 2 amide bonds. The molecule has 132 valence electrons. The number of carbonyl (C=O) groups excluding carboxylic acids is 2. The SMILES string of the molecule is Cc1ccc(C(=O)N/C(=C\c2ccco2)C(=O)NCCN(C)C)cc1. The second-order valence-electron chi connectivity index (χ2n) is 5.95. The monoisotopic (exact) mass is 341 g/mol. The van der Waals surface area contributed by atoms with Gasteiger partial charge in [-0.25, -0.2) is 0 Å². The molecule has 0 saturated carbocycles. The summed E-state index contributed by atoms with van der Waals surface area (Å²) in [5, 5.41) is 5.45. The van der Waals surface area contributed by atoms with Crippen molar-refractivity contribution in [2.75, 3.05) is 27.2 Å².